The summed E-state index contributed by atoms with van der Waals surface area (Å²) < 4.78 is 23.6. The molecule has 0 N–H and O–H groups in total. The molecule has 0 saturated carbocycles. The fourth-order valence-corrected chi connectivity index (χ4v) is 3.88. The van der Waals surface area contributed by atoms with Gasteiger partial charge >= 0.3 is 0 Å². The zero-order valence-corrected chi connectivity index (χ0v) is 14.3. The summed E-state index contributed by atoms with van der Waals surface area (Å²) in [5, 5.41) is 0.786. The summed E-state index contributed by atoms with van der Waals surface area (Å²) in [7, 11) is -3.24. The highest BCUT2D eigenvalue weighted by molar-refractivity contribution is 9.10. The molecule has 0 aromatic heterocycles. The first-order valence-corrected chi connectivity index (χ1v) is 9.49. The number of benzene rings is 1. The second-order valence-electron chi connectivity index (χ2n) is 4.61. The van der Waals surface area contributed by atoms with Crippen molar-refractivity contribution in [3.8, 4) is 0 Å². The molecule has 1 fully saturated rings. The first kappa shape index (κ1) is 15.0. The maximum absolute atomic E-state index is 11.9. The van der Waals surface area contributed by atoms with Crippen molar-refractivity contribution in [3.63, 3.8) is 0 Å². The summed E-state index contributed by atoms with van der Waals surface area (Å²) in [5.74, 6) is 0.367. The van der Waals surface area contributed by atoms with E-state index in [4.69, 9.17) is 0 Å². The quantitative estimate of drug-likeness (QED) is 0.719. The molecule has 2 rings (SSSR count). The number of anilines is 1. The zero-order valence-electron chi connectivity index (χ0n) is 10.3. The Hall–Kier alpha value is -0.400. The van der Waals surface area contributed by atoms with Gasteiger partial charge in [-0.3, -0.25) is 4.79 Å². The molecule has 0 bridgehead atoms. The van der Waals surface area contributed by atoms with Crippen LogP contribution in [0.1, 0.15) is 6.42 Å². The van der Waals surface area contributed by atoms with Crippen LogP contribution in [0.3, 0.4) is 0 Å². The van der Waals surface area contributed by atoms with Crippen LogP contribution in [0.2, 0.25) is 0 Å². The van der Waals surface area contributed by atoms with Gasteiger partial charge in [0.1, 0.15) is 0 Å². The van der Waals surface area contributed by atoms with E-state index >= 15 is 0 Å². The topological polar surface area (TPSA) is 54.5 Å². The van der Waals surface area contributed by atoms with E-state index in [0.717, 1.165) is 17.3 Å². The van der Waals surface area contributed by atoms with Crippen LogP contribution in [0.4, 0.5) is 5.69 Å². The molecule has 1 atom stereocenters. The number of halogens is 2. The smallest absolute Gasteiger partial charge is 0.227 e. The van der Waals surface area contributed by atoms with Crippen molar-refractivity contribution in [2.45, 2.75) is 11.3 Å². The van der Waals surface area contributed by atoms with Gasteiger partial charge in [-0.1, -0.05) is 15.9 Å². The minimum Gasteiger partial charge on any atom is -0.311 e. The number of hydrogen-bond acceptors (Lipinski definition) is 3. The highest BCUT2D eigenvalue weighted by Gasteiger charge is 2.31. The SMILES string of the molecule is CS(=O)(=O)c1ccc(N2CC(CBr)CC2=O)c(Br)c1. The van der Waals surface area contributed by atoms with Crippen molar-refractivity contribution in [2.75, 3.05) is 23.0 Å². The standard InChI is InChI=1S/C12H13Br2NO3S/c1-19(17,18)9-2-3-11(10(14)5-9)15-7-8(6-13)4-12(15)16/h2-3,5,8H,4,6-7H2,1H3. The summed E-state index contributed by atoms with van der Waals surface area (Å²) in [6, 6.07) is 4.75. The Balaban J connectivity index is 2.35. The van der Waals surface area contributed by atoms with E-state index in [-0.39, 0.29) is 10.8 Å². The number of hydrogen-bond donors (Lipinski definition) is 0. The molecule has 7 heteroatoms. The highest BCUT2D eigenvalue weighted by Crippen LogP contribution is 2.33. The molecule has 0 radical (unpaired) electrons. The predicted octanol–water partition coefficient (Wildman–Crippen LogP) is 2.60. The molecule has 1 unspecified atom stereocenters. The molecule has 1 aliphatic heterocycles. The minimum atomic E-state index is -3.24. The number of amides is 1. The summed E-state index contributed by atoms with van der Waals surface area (Å²) in [4.78, 5) is 13.9. The summed E-state index contributed by atoms with van der Waals surface area (Å²) in [6.07, 6.45) is 1.68. The van der Waals surface area contributed by atoms with E-state index in [1.807, 2.05) is 0 Å². The molecule has 104 valence electrons. The lowest BCUT2D eigenvalue weighted by atomic mass is 10.2. The fraction of sp³-hybridized carbons (Fsp3) is 0.417. The number of alkyl halides is 1. The van der Waals surface area contributed by atoms with Gasteiger partial charge in [0.2, 0.25) is 5.91 Å². The average molecular weight is 411 g/mol. The first-order chi connectivity index (χ1) is 8.82. The molecular weight excluding hydrogens is 398 g/mol. The van der Waals surface area contributed by atoms with Crippen LogP contribution in [0.15, 0.2) is 27.6 Å². The summed E-state index contributed by atoms with van der Waals surface area (Å²) in [6.45, 7) is 0.654. The number of nitrogens with zero attached hydrogens (tertiary/aromatic N) is 1. The predicted molar refractivity (Wildman–Crippen MR) is 81.5 cm³/mol. The molecule has 4 nitrogen and oxygen atoms in total. The Morgan fingerprint density at radius 1 is 1.42 bits per heavy atom. The van der Waals surface area contributed by atoms with E-state index in [1.54, 1.807) is 17.0 Å². The second-order valence-corrected chi connectivity index (χ2v) is 8.13. The van der Waals surface area contributed by atoms with Gasteiger partial charge in [0.25, 0.3) is 0 Å². The van der Waals surface area contributed by atoms with Gasteiger partial charge in [0, 0.05) is 29.0 Å². The lowest BCUT2D eigenvalue weighted by Gasteiger charge is -2.18. The minimum absolute atomic E-state index is 0.0669. The lowest BCUT2D eigenvalue weighted by Crippen LogP contribution is -2.25. The van der Waals surface area contributed by atoms with Crippen LogP contribution >= 0.6 is 31.9 Å². The number of rotatable bonds is 3. The Morgan fingerprint density at radius 2 is 2.11 bits per heavy atom. The van der Waals surface area contributed by atoms with Gasteiger partial charge in [0.15, 0.2) is 9.84 Å². The third kappa shape index (κ3) is 3.20. The van der Waals surface area contributed by atoms with E-state index < -0.39 is 9.84 Å². The number of carbonyl (C=O) groups is 1. The Labute approximate surface area is 129 Å². The van der Waals surface area contributed by atoms with Gasteiger partial charge in [-0.2, -0.15) is 0 Å². The molecule has 1 aromatic carbocycles. The van der Waals surface area contributed by atoms with E-state index in [1.165, 1.54) is 6.07 Å². The summed E-state index contributed by atoms with van der Waals surface area (Å²) in [5.41, 5.74) is 0.723. The second kappa shape index (κ2) is 5.54. The van der Waals surface area contributed by atoms with Crippen molar-refractivity contribution in [2.24, 2.45) is 5.92 Å². The molecule has 19 heavy (non-hydrogen) atoms. The number of carbonyl (C=O) groups excluding carboxylic acids is 1. The highest BCUT2D eigenvalue weighted by atomic mass is 79.9. The third-order valence-corrected chi connectivity index (χ3v) is 5.72. The molecule has 0 aliphatic carbocycles. The fourth-order valence-electron chi connectivity index (χ4n) is 2.05. The van der Waals surface area contributed by atoms with Crippen LogP contribution in [-0.4, -0.2) is 32.5 Å². The summed E-state index contributed by atoms with van der Waals surface area (Å²) >= 11 is 6.74. The van der Waals surface area contributed by atoms with Crippen LogP contribution in [0.25, 0.3) is 0 Å². The van der Waals surface area contributed by atoms with Crippen molar-refractivity contribution in [1.82, 2.24) is 0 Å². The van der Waals surface area contributed by atoms with Crippen LogP contribution in [0, 0.1) is 5.92 Å². The van der Waals surface area contributed by atoms with Crippen LogP contribution in [-0.2, 0) is 14.6 Å². The van der Waals surface area contributed by atoms with E-state index in [2.05, 4.69) is 31.9 Å². The van der Waals surface area contributed by atoms with Crippen molar-refractivity contribution < 1.29 is 13.2 Å². The molecule has 1 heterocycles. The Kier molecular flexibility index (Phi) is 4.37. The first-order valence-electron chi connectivity index (χ1n) is 5.69. The van der Waals surface area contributed by atoms with Gasteiger partial charge in [0.05, 0.1) is 10.6 Å². The molecule has 1 amide bonds. The molecule has 1 aromatic rings. The zero-order chi connectivity index (χ0) is 14.2. The molecular formula is C12H13Br2NO3S. The number of sulfone groups is 1. The Bertz CT molecular complexity index is 615. The molecule has 1 saturated heterocycles. The van der Waals surface area contributed by atoms with Gasteiger partial charge in [-0.05, 0) is 40.0 Å². The van der Waals surface area contributed by atoms with E-state index in [9.17, 15) is 13.2 Å². The van der Waals surface area contributed by atoms with Crippen LogP contribution < -0.4 is 4.90 Å². The monoisotopic (exact) mass is 409 g/mol. The maximum Gasteiger partial charge on any atom is 0.227 e. The Morgan fingerprint density at radius 3 is 2.58 bits per heavy atom. The normalized spacial score (nSPS) is 20.1. The van der Waals surface area contributed by atoms with Crippen molar-refractivity contribution in [3.05, 3.63) is 22.7 Å². The third-order valence-electron chi connectivity index (χ3n) is 3.06. The van der Waals surface area contributed by atoms with Crippen molar-refractivity contribution in [1.29, 1.82) is 0 Å². The largest absolute Gasteiger partial charge is 0.311 e. The van der Waals surface area contributed by atoms with Gasteiger partial charge < -0.3 is 4.90 Å². The van der Waals surface area contributed by atoms with Gasteiger partial charge in [-0.25, -0.2) is 8.42 Å². The average Bonchev–Trinajstić information content (AvgIpc) is 2.69. The van der Waals surface area contributed by atoms with Crippen LogP contribution in [0.5, 0.6) is 0 Å². The maximum atomic E-state index is 11.9. The lowest BCUT2D eigenvalue weighted by molar-refractivity contribution is -0.117. The van der Waals surface area contributed by atoms with Gasteiger partial charge in [-0.15, -0.1) is 0 Å². The van der Waals surface area contributed by atoms with Crippen molar-refractivity contribution >= 4 is 53.3 Å². The molecule has 1 aliphatic rings. The molecule has 0 spiro atoms. The van der Waals surface area contributed by atoms with E-state index in [0.29, 0.717) is 23.4 Å².